The minimum absolute atomic E-state index is 0.284. The van der Waals surface area contributed by atoms with E-state index in [4.69, 9.17) is 17.3 Å². The molecule has 2 nitrogen and oxygen atoms in total. The van der Waals surface area contributed by atoms with Gasteiger partial charge in [-0.3, -0.25) is 0 Å². The minimum Gasteiger partial charge on any atom is -0.329 e. The van der Waals surface area contributed by atoms with Gasteiger partial charge in [0.25, 0.3) is 0 Å². The van der Waals surface area contributed by atoms with E-state index in [1.807, 2.05) is 18.2 Å². The Bertz CT molecular complexity index is 288. The first-order chi connectivity index (χ1) is 6.63. The molecule has 1 aromatic carbocycles. The minimum atomic E-state index is 0.284. The van der Waals surface area contributed by atoms with Gasteiger partial charge in [0.1, 0.15) is 0 Å². The molecular formula is C11H17ClN2. The lowest BCUT2D eigenvalue weighted by molar-refractivity contribution is 0.485. The van der Waals surface area contributed by atoms with Gasteiger partial charge in [0.05, 0.1) is 0 Å². The molecule has 1 unspecified atom stereocenters. The van der Waals surface area contributed by atoms with Crippen LogP contribution in [0.3, 0.4) is 0 Å². The molecule has 0 fully saturated rings. The molecule has 3 N–H and O–H groups in total. The van der Waals surface area contributed by atoms with Crippen LogP contribution in [0, 0.1) is 0 Å². The first-order valence-electron chi connectivity index (χ1n) is 4.85. The van der Waals surface area contributed by atoms with Crippen LogP contribution < -0.4 is 11.1 Å². The number of hydrogen-bond donors (Lipinski definition) is 2. The van der Waals surface area contributed by atoms with Gasteiger partial charge in [-0.2, -0.15) is 0 Å². The summed E-state index contributed by atoms with van der Waals surface area (Å²) in [7, 11) is 0. The van der Waals surface area contributed by atoms with Gasteiger partial charge in [-0.05, 0) is 31.5 Å². The van der Waals surface area contributed by atoms with E-state index in [0.29, 0.717) is 12.6 Å². The Kier molecular flexibility index (Phi) is 4.39. The third-order valence-electron chi connectivity index (χ3n) is 2.24. The molecule has 0 aliphatic heterocycles. The van der Waals surface area contributed by atoms with Gasteiger partial charge in [0.15, 0.2) is 0 Å². The zero-order valence-corrected chi connectivity index (χ0v) is 9.38. The van der Waals surface area contributed by atoms with E-state index in [1.165, 1.54) is 5.56 Å². The molecule has 0 saturated heterocycles. The van der Waals surface area contributed by atoms with Gasteiger partial charge in [-0.25, -0.2) is 0 Å². The lowest BCUT2D eigenvalue weighted by Crippen LogP contribution is -2.34. The van der Waals surface area contributed by atoms with E-state index >= 15 is 0 Å². The van der Waals surface area contributed by atoms with Crippen LogP contribution in [0.1, 0.15) is 25.5 Å². The summed E-state index contributed by atoms with van der Waals surface area (Å²) in [5.41, 5.74) is 6.73. The summed E-state index contributed by atoms with van der Waals surface area (Å²) in [6, 6.07) is 8.48. The van der Waals surface area contributed by atoms with Crippen molar-refractivity contribution in [1.29, 1.82) is 0 Å². The summed E-state index contributed by atoms with van der Waals surface area (Å²) in [5.74, 6) is 0. The van der Waals surface area contributed by atoms with Crippen LogP contribution in [0.15, 0.2) is 24.3 Å². The highest BCUT2D eigenvalue weighted by molar-refractivity contribution is 6.30. The molecule has 0 aliphatic carbocycles. The molecule has 0 saturated carbocycles. The van der Waals surface area contributed by atoms with Crippen LogP contribution >= 0.6 is 11.6 Å². The van der Waals surface area contributed by atoms with Crippen molar-refractivity contribution in [2.75, 3.05) is 6.54 Å². The molecule has 14 heavy (non-hydrogen) atoms. The van der Waals surface area contributed by atoms with Crippen molar-refractivity contribution in [3.63, 3.8) is 0 Å². The molecule has 78 valence electrons. The predicted molar refractivity (Wildman–Crippen MR) is 61.5 cm³/mol. The molecule has 2 atom stereocenters. The number of hydrogen-bond acceptors (Lipinski definition) is 2. The Labute approximate surface area is 90.4 Å². The first kappa shape index (κ1) is 11.5. The molecule has 0 aromatic heterocycles. The van der Waals surface area contributed by atoms with E-state index in [-0.39, 0.29) is 6.04 Å². The maximum atomic E-state index is 5.91. The van der Waals surface area contributed by atoms with Gasteiger partial charge in [0, 0.05) is 23.7 Å². The molecule has 1 rings (SSSR count). The highest BCUT2D eigenvalue weighted by Crippen LogP contribution is 2.17. The molecule has 0 bridgehead atoms. The third-order valence-corrected chi connectivity index (χ3v) is 2.47. The summed E-state index contributed by atoms with van der Waals surface area (Å²) >= 11 is 5.91. The summed E-state index contributed by atoms with van der Waals surface area (Å²) in [5, 5.41) is 4.16. The standard InChI is InChI=1S/C11H17ClN2/c1-8(7-13)14-9(2)10-4-3-5-11(12)6-10/h3-6,8-9,14H,7,13H2,1-2H3/t8?,9-/m1/s1. The van der Waals surface area contributed by atoms with Crippen molar-refractivity contribution in [3.05, 3.63) is 34.9 Å². The molecule has 3 heteroatoms. The Morgan fingerprint density at radius 1 is 1.43 bits per heavy atom. The van der Waals surface area contributed by atoms with Crippen molar-refractivity contribution in [2.24, 2.45) is 5.73 Å². The second-order valence-corrected chi connectivity index (χ2v) is 4.02. The first-order valence-corrected chi connectivity index (χ1v) is 5.23. The SMILES string of the molecule is CC(CN)N[C@H](C)c1cccc(Cl)c1. The molecule has 0 aliphatic rings. The van der Waals surface area contributed by atoms with Gasteiger partial charge >= 0.3 is 0 Å². The number of benzene rings is 1. The second-order valence-electron chi connectivity index (χ2n) is 3.58. The summed E-state index contributed by atoms with van der Waals surface area (Å²) in [4.78, 5) is 0. The van der Waals surface area contributed by atoms with Crippen LogP contribution in [-0.4, -0.2) is 12.6 Å². The number of nitrogens with two attached hydrogens (primary N) is 1. The van der Waals surface area contributed by atoms with Crippen LogP contribution in [-0.2, 0) is 0 Å². The topological polar surface area (TPSA) is 38.0 Å². The molecule has 1 aromatic rings. The van der Waals surface area contributed by atoms with Crippen molar-refractivity contribution in [1.82, 2.24) is 5.32 Å². The molecule has 0 spiro atoms. The lowest BCUT2D eigenvalue weighted by Gasteiger charge is -2.19. The molecule has 0 radical (unpaired) electrons. The van der Waals surface area contributed by atoms with Gasteiger partial charge < -0.3 is 11.1 Å². The fraction of sp³-hybridized carbons (Fsp3) is 0.455. The normalized spacial score (nSPS) is 15.1. The van der Waals surface area contributed by atoms with Gasteiger partial charge in [-0.15, -0.1) is 0 Å². The van der Waals surface area contributed by atoms with Crippen molar-refractivity contribution in [3.8, 4) is 0 Å². The third kappa shape index (κ3) is 3.29. The fourth-order valence-electron chi connectivity index (χ4n) is 1.37. The van der Waals surface area contributed by atoms with E-state index < -0.39 is 0 Å². The Balaban J connectivity index is 2.64. The Morgan fingerprint density at radius 2 is 2.14 bits per heavy atom. The smallest absolute Gasteiger partial charge is 0.0409 e. The largest absolute Gasteiger partial charge is 0.329 e. The summed E-state index contributed by atoms with van der Waals surface area (Å²) in [6.07, 6.45) is 0. The lowest BCUT2D eigenvalue weighted by atomic mass is 10.1. The fourth-order valence-corrected chi connectivity index (χ4v) is 1.57. The quantitative estimate of drug-likeness (QED) is 0.804. The number of rotatable bonds is 4. The van der Waals surface area contributed by atoms with E-state index in [9.17, 15) is 0 Å². The van der Waals surface area contributed by atoms with Crippen LogP contribution in [0.25, 0.3) is 0 Å². The maximum absolute atomic E-state index is 5.91. The summed E-state index contributed by atoms with van der Waals surface area (Å²) < 4.78 is 0. The molecular weight excluding hydrogens is 196 g/mol. The van der Waals surface area contributed by atoms with Crippen LogP contribution in [0.5, 0.6) is 0 Å². The predicted octanol–water partition coefficient (Wildman–Crippen LogP) is 2.34. The van der Waals surface area contributed by atoms with Gasteiger partial charge in [-0.1, -0.05) is 23.7 Å². The van der Waals surface area contributed by atoms with E-state index in [2.05, 4.69) is 25.2 Å². The second kappa shape index (κ2) is 5.35. The van der Waals surface area contributed by atoms with E-state index in [1.54, 1.807) is 0 Å². The molecule has 0 heterocycles. The number of halogens is 1. The molecule has 0 amide bonds. The number of nitrogens with one attached hydrogen (secondary N) is 1. The monoisotopic (exact) mass is 212 g/mol. The average Bonchev–Trinajstić information content (AvgIpc) is 2.17. The summed E-state index contributed by atoms with van der Waals surface area (Å²) in [6.45, 7) is 4.82. The zero-order chi connectivity index (χ0) is 10.6. The average molecular weight is 213 g/mol. The van der Waals surface area contributed by atoms with Gasteiger partial charge in [0.2, 0.25) is 0 Å². The maximum Gasteiger partial charge on any atom is 0.0409 e. The highest BCUT2D eigenvalue weighted by atomic mass is 35.5. The zero-order valence-electron chi connectivity index (χ0n) is 8.63. The Hall–Kier alpha value is -0.570. The van der Waals surface area contributed by atoms with E-state index in [0.717, 1.165) is 5.02 Å². The van der Waals surface area contributed by atoms with Crippen molar-refractivity contribution >= 4 is 11.6 Å². The highest BCUT2D eigenvalue weighted by Gasteiger charge is 2.07. The Morgan fingerprint density at radius 3 is 2.71 bits per heavy atom. The van der Waals surface area contributed by atoms with Crippen molar-refractivity contribution < 1.29 is 0 Å². The van der Waals surface area contributed by atoms with Crippen LogP contribution in [0.4, 0.5) is 0 Å². The van der Waals surface area contributed by atoms with Crippen molar-refractivity contribution in [2.45, 2.75) is 25.9 Å². The van der Waals surface area contributed by atoms with Crippen LogP contribution in [0.2, 0.25) is 5.02 Å².